The molecule has 4 nitrogen and oxygen atoms in total. The molecule has 1 fully saturated rings. The highest BCUT2D eigenvalue weighted by atomic mass is 16.7. The molecule has 72 valence electrons. The van der Waals surface area contributed by atoms with Gasteiger partial charge in [0, 0.05) is 5.57 Å². The fourth-order valence-electron chi connectivity index (χ4n) is 1.36. The molecule has 0 aliphatic carbocycles. The first-order valence-electron chi connectivity index (χ1n) is 4.24. The molecule has 0 aromatic carbocycles. The molecule has 4 heteroatoms. The van der Waals surface area contributed by atoms with Crippen LogP contribution in [0.4, 0.5) is 0 Å². The van der Waals surface area contributed by atoms with E-state index < -0.39 is 5.79 Å². The van der Waals surface area contributed by atoms with Crippen LogP contribution in [0.1, 0.15) is 0 Å². The summed E-state index contributed by atoms with van der Waals surface area (Å²) in [6.07, 6.45) is 5.03. The van der Waals surface area contributed by atoms with Crippen LogP contribution in [0.15, 0.2) is 24.0 Å². The average molecular weight is 184 g/mol. The highest BCUT2D eigenvalue weighted by Gasteiger charge is 2.34. The van der Waals surface area contributed by atoms with Gasteiger partial charge in [0.15, 0.2) is 0 Å². The Hall–Kier alpha value is -0.840. The Kier molecular flexibility index (Phi) is 2.35. The van der Waals surface area contributed by atoms with Crippen molar-refractivity contribution in [3.63, 3.8) is 0 Å². The third-order valence-corrected chi connectivity index (χ3v) is 2.06. The van der Waals surface area contributed by atoms with Crippen molar-refractivity contribution in [3.8, 4) is 0 Å². The molecule has 13 heavy (non-hydrogen) atoms. The quantitative estimate of drug-likeness (QED) is 0.632. The monoisotopic (exact) mass is 184 g/mol. The molecule has 2 aliphatic rings. The molecule has 0 amide bonds. The van der Waals surface area contributed by atoms with Gasteiger partial charge in [0.25, 0.3) is 0 Å². The highest BCUT2D eigenvalue weighted by Crippen LogP contribution is 2.24. The molecule has 1 unspecified atom stereocenters. The normalized spacial score (nSPS) is 33.8. The zero-order chi connectivity index (χ0) is 9.15. The van der Waals surface area contributed by atoms with Crippen molar-refractivity contribution in [1.29, 1.82) is 0 Å². The first-order chi connectivity index (χ1) is 6.31. The Morgan fingerprint density at radius 3 is 2.92 bits per heavy atom. The summed E-state index contributed by atoms with van der Waals surface area (Å²) in [5, 5.41) is 9.97. The van der Waals surface area contributed by atoms with Gasteiger partial charge in [-0.05, 0) is 12.2 Å². The fraction of sp³-hybridized carbons (Fsp3) is 0.556. The summed E-state index contributed by atoms with van der Waals surface area (Å²) >= 11 is 0. The molecule has 1 saturated heterocycles. The first kappa shape index (κ1) is 8.74. The summed E-state index contributed by atoms with van der Waals surface area (Å²) < 4.78 is 15.4. The summed E-state index contributed by atoms with van der Waals surface area (Å²) in [5.74, 6) is -1.28. The topological polar surface area (TPSA) is 47.9 Å². The Bertz CT molecular complexity index is 238. The van der Waals surface area contributed by atoms with E-state index >= 15 is 0 Å². The molecule has 1 atom stereocenters. The lowest BCUT2D eigenvalue weighted by atomic mass is 10.1. The van der Waals surface area contributed by atoms with Gasteiger partial charge in [0.2, 0.25) is 5.79 Å². The summed E-state index contributed by atoms with van der Waals surface area (Å²) in [6, 6.07) is 0. The van der Waals surface area contributed by atoms with Crippen molar-refractivity contribution in [3.05, 3.63) is 24.0 Å². The lowest BCUT2D eigenvalue weighted by Gasteiger charge is -2.33. The predicted octanol–water partition coefficient (Wildman–Crippen LogP) is 0.192. The van der Waals surface area contributed by atoms with Gasteiger partial charge in [0.1, 0.15) is 13.2 Å². The summed E-state index contributed by atoms with van der Waals surface area (Å²) in [7, 11) is 0. The van der Waals surface area contributed by atoms with Gasteiger partial charge in [-0.15, -0.1) is 0 Å². The predicted molar refractivity (Wildman–Crippen MR) is 44.9 cm³/mol. The van der Waals surface area contributed by atoms with E-state index in [9.17, 15) is 5.11 Å². The smallest absolute Gasteiger partial charge is 0.216 e. The average Bonchev–Trinajstić information content (AvgIpc) is 2.20. The zero-order valence-corrected chi connectivity index (χ0v) is 7.23. The minimum absolute atomic E-state index is 0.184. The van der Waals surface area contributed by atoms with E-state index in [2.05, 4.69) is 0 Å². The molecule has 0 spiro atoms. The van der Waals surface area contributed by atoms with Gasteiger partial charge >= 0.3 is 0 Å². The number of ether oxygens (including phenoxy) is 3. The van der Waals surface area contributed by atoms with Crippen molar-refractivity contribution < 1.29 is 19.3 Å². The van der Waals surface area contributed by atoms with Gasteiger partial charge < -0.3 is 19.3 Å². The van der Waals surface area contributed by atoms with Crippen molar-refractivity contribution in [2.45, 2.75) is 5.79 Å². The minimum atomic E-state index is -1.28. The number of rotatable bonds is 1. The molecule has 2 heterocycles. The fourth-order valence-corrected chi connectivity index (χ4v) is 1.36. The van der Waals surface area contributed by atoms with Crippen LogP contribution >= 0.6 is 0 Å². The summed E-state index contributed by atoms with van der Waals surface area (Å²) in [6.45, 7) is 1.61. The van der Waals surface area contributed by atoms with Crippen LogP contribution in [0.5, 0.6) is 0 Å². The molecule has 2 rings (SSSR count). The van der Waals surface area contributed by atoms with Crippen molar-refractivity contribution >= 4 is 0 Å². The Morgan fingerprint density at radius 2 is 2.31 bits per heavy atom. The second-order valence-electron chi connectivity index (χ2n) is 2.98. The first-order valence-corrected chi connectivity index (χ1v) is 4.24. The van der Waals surface area contributed by atoms with Gasteiger partial charge in [-0.25, -0.2) is 0 Å². The molecule has 0 aromatic heterocycles. The SMILES string of the molecule is OC1(C2=CCOC=C2)COCCO1. The van der Waals surface area contributed by atoms with Gasteiger partial charge in [-0.2, -0.15) is 0 Å². The van der Waals surface area contributed by atoms with Crippen LogP contribution in [0.3, 0.4) is 0 Å². The van der Waals surface area contributed by atoms with E-state index in [0.717, 1.165) is 0 Å². The van der Waals surface area contributed by atoms with E-state index in [1.165, 1.54) is 0 Å². The zero-order valence-electron chi connectivity index (χ0n) is 7.23. The number of aliphatic hydroxyl groups is 1. The molecule has 0 bridgehead atoms. The van der Waals surface area contributed by atoms with Crippen molar-refractivity contribution in [2.75, 3.05) is 26.4 Å². The number of hydrogen-bond acceptors (Lipinski definition) is 4. The lowest BCUT2D eigenvalue weighted by Crippen LogP contribution is -2.44. The maximum absolute atomic E-state index is 9.97. The van der Waals surface area contributed by atoms with Gasteiger partial charge in [0.05, 0.1) is 19.5 Å². The van der Waals surface area contributed by atoms with Gasteiger partial charge in [-0.1, -0.05) is 0 Å². The van der Waals surface area contributed by atoms with Crippen molar-refractivity contribution in [2.24, 2.45) is 0 Å². The molecule has 2 aliphatic heterocycles. The standard InChI is InChI=1S/C9H12O4/c10-9(7-12-5-6-13-9)8-1-3-11-4-2-8/h1-3,10H,4-7H2. The van der Waals surface area contributed by atoms with Crippen LogP contribution in [-0.4, -0.2) is 37.3 Å². The molecule has 0 saturated carbocycles. The summed E-state index contributed by atoms with van der Waals surface area (Å²) in [4.78, 5) is 0. The second-order valence-corrected chi connectivity index (χ2v) is 2.98. The van der Waals surface area contributed by atoms with E-state index in [0.29, 0.717) is 25.4 Å². The van der Waals surface area contributed by atoms with Crippen molar-refractivity contribution in [1.82, 2.24) is 0 Å². The third-order valence-electron chi connectivity index (χ3n) is 2.06. The maximum Gasteiger partial charge on any atom is 0.216 e. The van der Waals surface area contributed by atoms with E-state index in [-0.39, 0.29) is 6.61 Å². The Labute approximate surface area is 76.4 Å². The van der Waals surface area contributed by atoms with Gasteiger partial charge in [-0.3, -0.25) is 0 Å². The summed E-state index contributed by atoms with van der Waals surface area (Å²) in [5.41, 5.74) is 0.707. The van der Waals surface area contributed by atoms with Crippen LogP contribution in [0.25, 0.3) is 0 Å². The molecule has 0 radical (unpaired) electrons. The van der Waals surface area contributed by atoms with Crippen LogP contribution in [0, 0.1) is 0 Å². The second kappa shape index (κ2) is 3.49. The largest absolute Gasteiger partial charge is 0.497 e. The molecule has 1 N–H and O–H groups in total. The third kappa shape index (κ3) is 1.75. The Balaban J connectivity index is 2.12. The van der Waals surface area contributed by atoms with Crippen LogP contribution in [-0.2, 0) is 14.2 Å². The minimum Gasteiger partial charge on any atom is -0.497 e. The molecular weight excluding hydrogens is 172 g/mol. The van der Waals surface area contributed by atoms with Crippen LogP contribution < -0.4 is 0 Å². The van der Waals surface area contributed by atoms with E-state index in [1.807, 2.05) is 0 Å². The molecule has 0 aromatic rings. The van der Waals surface area contributed by atoms with E-state index in [1.54, 1.807) is 18.4 Å². The molecular formula is C9H12O4. The number of hydrogen-bond donors (Lipinski definition) is 1. The lowest BCUT2D eigenvalue weighted by molar-refractivity contribution is -0.244. The van der Waals surface area contributed by atoms with E-state index in [4.69, 9.17) is 14.2 Å². The van der Waals surface area contributed by atoms with Crippen LogP contribution in [0.2, 0.25) is 0 Å². The highest BCUT2D eigenvalue weighted by molar-refractivity contribution is 5.27. The Morgan fingerprint density at radius 1 is 1.38 bits per heavy atom. The maximum atomic E-state index is 9.97.